The molecule has 2 aliphatic rings. The van der Waals surface area contributed by atoms with Crippen LogP contribution in [0.2, 0.25) is 0 Å². The van der Waals surface area contributed by atoms with Gasteiger partial charge < -0.3 is 24.5 Å². The highest BCUT2D eigenvalue weighted by Gasteiger charge is 2.44. The Labute approximate surface area is 191 Å². The first-order valence-electron chi connectivity index (χ1n) is 11.2. The van der Waals surface area contributed by atoms with Crippen LogP contribution in [0.4, 0.5) is 0 Å². The van der Waals surface area contributed by atoms with Crippen LogP contribution in [0.5, 0.6) is 11.5 Å². The lowest BCUT2D eigenvalue weighted by molar-refractivity contribution is 0.0198. The minimum atomic E-state index is -1.02. The number of nitrogens with one attached hydrogen (secondary N) is 1. The van der Waals surface area contributed by atoms with E-state index in [4.69, 9.17) is 9.47 Å². The van der Waals surface area contributed by atoms with E-state index in [1.165, 1.54) is 0 Å². The maximum Gasteiger partial charge on any atom is 0.335 e. The van der Waals surface area contributed by atoms with Crippen LogP contribution in [0.15, 0.2) is 48.5 Å². The van der Waals surface area contributed by atoms with Crippen molar-refractivity contribution in [3.63, 3.8) is 0 Å². The topological polar surface area (TPSA) is 89.8 Å². The van der Waals surface area contributed by atoms with Gasteiger partial charge in [0.25, 0.3) is 0 Å². The number of carboxylic acids is 1. The van der Waals surface area contributed by atoms with Gasteiger partial charge in [-0.05, 0) is 61.5 Å². The first kappa shape index (κ1) is 21.3. The lowest BCUT2D eigenvalue weighted by atomic mass is 9.87. The number of carbonyl (C=O) groups is 2. The van der Waals surface area contributed by atoms with Gasteiger partial charge in [-0.25, -0.2) is 4.79 Å². The molecule has 33 heavy (non-hydrogen) atoms. The second-order valence-corrected chi connectivity index (χ2v) is 8.48. The highest BCUT2D eigenvalue weighted by molar-refractivity contribution is 6.09. The van der Waals surface area contributed by atoms with Crippen LogP contribution in [0, 0.1) is 0 Å². The van der Waals surface area contributed by atoms with Gasteiger partial charge in [0.1, 0.15) is 11.5 Å². The van der Waals surface area contributed by atoms with Gasteiger partial charge in [0.15, 0.2) is 5.60 Å². The number of carboxylic acid groups (broad SMARTS) is 1. The number of carbonyl (C=O) groups excluding carboxylic acids is 1. The number of aromatic carboxylic acids is 1. The fraction of sp³-hybridized carbons (Fsp3) is 0.308. The van der Waals surface area contributed by atoms with E-state index in [0.29, 0.717) is 28.4 Å². The summed E-state index contributed by atoms with van der Waals surface area (Å²) in [5.41, 5.74) is 3.23. The fourth-order valence-electron chi connectivity index (χ4n) is 4.92. The molecule has 0 bridgehead atoms. The first-order valence-corrected chi connectivity index (χ1v) is 11.2. The van der Waals surface area contributed by atoms with E-state index in [1.807, 2.05) is 35.8 Å². The molecule has 2 N–H and O–H groups in total. The molecule has 1 spiro atoms. The molecular weight excluding hydrogens is 420 g/mol. The average molecular weight is 447 g/mol. The zero-order valence-electron chi connectivity index (χ0n) is 18.7. The summed E-state index contributed by atoms with van der Waals surface area (Å²) in [6, 6.07) is 14.2. The van der Waals surface area contributed by atoms with Crippen molar-refractivity contribution in [1.82, 2.24) is 9.88 Å². The van der Waals surface area contributed by atoms with Gasteiger partial charge in [-0.2, -0.15) is 0 Å². The SMILES string of the molecule is CCc1ccc(C(=O)c2ccc3n2-c2ccc(C(=O)O)cc2OC32CCNCC2)cc1OC. The van der Waals surface area contributed by atoms with Crippen LogP contribution >= 0.6 is 0 Å². The highest BCUT2D eigenvalue weighted by Crippen LogP contribution is 2.45. The molecule has 7 heteroatoms. The van der Waals surface area contributed by atoms with Crippen LogP contribution in [-0.2, 0) is 12.0 Å². The number of hydrogen-bond acceptors (Lipinski definition) is 5. The van der Waals surface area contributed by atoms with Crippen LogP contribution in [0.25, 0.3) is 5.69 Å². The van der Waals surface area contributed by atoms with E-state index in [-0.39, 0.29) is 11.3 Å². The Hall–Kier alpha value is -3.58. The monoisotopic (exact) mass is 446 g/mol. The van der Waals surface area contributed by atoms with Gasteiger partial charge in [0.05, 0.1) is 29.7 Å². The van der Waals surface area contributed by atoms with Crippen molar-refractivity contribution in [2.75, 3.05) is 20.2 Å². The second kappa shape index (κ2) is 8.08. The molecule has 0 unspecified atom stereocenters. The number of nitrogens with zero attached hydrogens (tertiary/aromatic N) is 1. The Morgan fingerprint density at radius 3 is 2.55 bits per heavy atom. The van der Waals surface area contributed by atoms with Crippen molar-refractivity contribution in [2.45, 2.75) is 31.8 Å². The maximum absolute atomic E-state index is 13.7. The number of aryl methyl sites for hydroxylation is 1. The van der Waals surface area contributed by atoms with E-state index in [2.05, 4.69) is 5.32 Å². The van der Waals surface area contributed by atoms with E-state index in [1.54, 1.807) is 31.4 Å². The fourth-order valence-corrected chi connectivity index (χ4v) is 4.92. The number of ether oxygens (including phenoxy) is 2. The average Bonchev–Trinajstić information content (AvgIpc) is 3.30. The van der Waals surface area contributed by atoms with E-state index in [9.17, 15) is 14.7 Å². The molecule has 7 nitrogen and oxygen atoms in total. The molecule has 5 rings (SSSR count). The van der Waals surface area contributed by atoms with E-state index >= 15 is 0 Å². The highest BCUT2D eigenvalue weighted by atomic mass is 16.5. The molecule has 170 valence electrons. The van der Waals surface area contributed by atoms with E-state index in [0.717, 1.165) is 43.6 Å². The lowest BCUT2D eigenvalue weighted by Gasteiger charge is -2.42. The van der Waals surface area contributed by atoms with Crippen molar-refractivity contribution in [2.24, 2.45) is 0 Å². The minimum Gasteiger partial charge on any atom is -0.496 e. The standard InChI is InChI=1S/C26H26N2O5/c1-3-16-4-5-17(14-21(16)32-2)24(29)20-8-9-23-26(10-12-27-13-11-26)33-22-15-18(25(30)31)6-7-19(22)28(20)23/h4-9,14-15,27H,3,10-13H2,1-2H3,(H,30,31). The molecule has 1 aromatic heterocycles. The molecule has 0 radical (unpaired) electrons. The third-order valence-electron chi connectivity index (χ3n) is 6.67. The largest absolute Gasteiger partial charge is 0.496 e. The number of benzene rings is 2. The number of aromatic nitrogens is 1. The van der Waals surface area contributed by atoms with Crippen molar-refractivity contribution < 1.29 is 24.2 Å². The number of rotatable bonds is 5. The molecule has 1 fully saturated rings. The molecule has 0 aliphatic carbocycles. The van der Waals surface area contributed by atoms with Crippen LogP contribution in [0.3, 0.4) is 0 Å². The van der Waals surface area contributed by atoms with Gasteiger partial charge in [0, 0.05) is 18.4 Å². The van der Waals surface area contributed by atoms with Crippen molar-refractivity contribution in [3.05, 3.63) is 76.6 Å². The van der Waals surface area contributed by atoms with Gasteiger partial charge in [-0.3, -0.25) is 4.79 Å². The summed E-state index contributed by atoms with van der Waals surface area (Å²) in [5, 5.41) is 12.8. The first-order chi connectivity index (χ1) is 16.0. The Bertz CT molecular complexity index is 1250. The van der Waals surface area contributed by atoms with Crippen LogP contribution in [-0.4, -0.2) is 41.6 Å². The molecular formula is C26H26N2O5. The normalized spacial score (nSPS) is 15.9. The number of hydrogen-bond donors (Lipinski definition) is 2. The van der Waals surface area contributed by atoms with Crippen LogP contribution < -0.4 is 14.8 Å². The molecule has 1 saturated heterocycles. The number of fused-ring (bicyclic) bond motifs is 4. The maximum atomic E-state index is 13.7. The summed E-state index contributed by atoms with van der Waals surface area (Å²) in [6.45, 7) is 3.60. The summed E-state index contributed by atoms with van der Waals surface area (Å²) in [7, 11) is 1.61. The van der Waals surface area contributed by atoms with Gasteiger partial charge >= 0.3 is 5.97 Å². The predicted octanol–water partition coefficient (Wildman–Crippen LogP) is 3.95. The second-order valence-electron chi connectivity index (χ2n) is 8.48. The molecule has 2 aromatic carbocycles. The van der Waals surface area contributed by atoms with Crippen molar-refractivity contribution in [1.29, 1.82) is 0 Å². The quantitative estimate of drug-likeness (QED) is 0.577. The zero-order valence-corrected chi connectivity index (χ0v) is 18.7. The van der Waals surface area contributed by atoms with Gasteiger partial charge in [-0.15, -0.1) is 0 Å². The number of piperidine rings is 1. The number of ketones is 1. The predicted molar refractivity (Wildman–Crippen MR) is 123 cm³/mol. The van der Waals surface area contributed by atoms with Gasteiger partial charge in [-0.1, -0.05) is 19.1 Å². The Morgan fingerprint density at radius 2 is 1.85 bits per heavy atom. The van der Waals surface area contributed by atoms with Gasteiger partial charge in [0.2, 0.25) is 5.78 Å². The third-order valence-corrected chi connectivity index (χ3v) is 6.67. The summed E-state index contributed by atoms with van der Waals surface area (Å²) in [6.07, 6.45) is 2.26. The van der Waals surface area contributed by atoms with Crippen molar-refractivity contribution >= 4 is 11.8 Å². The molecule has 0 atom stereocenters. The minimum absolute atomic E-state index is 0.124. The molecule has 3 heterocycles. The molecule has 0 saturated carbocycles. The van der Waals surface area contributed by atoms with Crippen LogP contribution in [0.1, 0.15) is 57.4 Å². The molecule has 2 aliphatic heterocycles. The smallest absolute Gasteiger partial charge is 0.335 e. The molecule has 0 amide bonds. The third kappa shape index (κ3) is 3.40. The number of methoxy groups -OCH3 is 1. The summed E-state index contributed by atoms with van der Waals surface area (Å²) in [4.78, 5) is 25.3. The molecule has 3 aromatic rings. The Morgan fingerprint density at radius 1 is 1.09 bits per heavy atom. The van der Waals surface area contributed by atoms with Crippen molar-refractivity contribution in [3.8, 4) is 17.2 Å². The Balaban J connectivity index is 1.67. The summed E-state index contributed by atoms with van der Waals surface area (Å²) < 4.78 is 13.9. The van der Waals surface area contributed by atoms with E-state index < -0.39 is 11.6 Å². The lowest BCUT2D eigenvalue weighted by Crippen LogP contribution is -2.47. The summed E-state index contributed by atoms with van der Waals surface area (Å²) >= 11 is 0. The summed E-state index contributed by atoms with van der Waals surface area (Å²) in [5.74, 6) is 0.0341. The Kier molecular flexibility index (Phi) is 5.21. The zero-order chi connectivity index (χ0) is 23.2.